The van der Waals surface area contributed by atoms with Gasteiger partial charge in [0, 0.05) is 24.1 Å². The van der Waals surface area contributed by atoms with Crippen LogP contribution in [0.5, 0.6) is 0 Å². The predicted octanol–water partition coefficient (Wildman–Crippen LogP) is 1.62. The predicted molar refractivity (Wildman–Crippen MR) is 65.3 cm³/mol. The summed E-state index contributed by atoms with van der Waals surface area (Å²) in [4.78, 5) is 12.1. The van der Waals surface area contributed by atoms with Gasteiger partial charge in [-0.3, -0.25) is 4.79 Å². The van der Waals surface area contributed by atoms with E-state index < -0.39 is 0 Å². The van der Waals surface area contributed by atoms with E-state index >= 15 is 0 Å². The van der Waals surface area contributed by atoms with E-state index in [4.69, 9.17) is 0 Å². The fourth-order valence-electron chi connectivity index (χ4n) is 4.02. The molecule has 1 amide bonds. The summed E-state index contributed by atoms with van der Waals surface area (Å²) < 4.78 is 0. The van der Waals surface area contributed by atoms with Crippen LogP contribution in [-0.4, -0.2) is 23.7 Å². The van der Waals surface area contributed by atoms with E-state index in [1.165, 1.54) is 19.3 Å². The Hall–Kier alpha value is -0.830. The van der Waals surface area contributed by atoms with E-state index in [-0.39, 0.29) is 18.6 Å². The van der Waals surface area contributed by atoms with Crippen LogP contribution in [0.4, 0.5) is 0 Å². The Kier molecular flexibility index (Phi) is 2.95. The summed E-state index contributed by atoms with van der Waals surface area (Å²) in [6.07, 6.45) is 8.82. The summed E-state index contributed by atoms with van der Waals surface area (Å²) in [5, 5.41) is 12.7. The number of hydrogen-bond acceptors (Lipinski definition) is 2. The maximum atomic E-state index is 12.1. The molecule has 2 fully saturated rings. The number of amides is 1. The highest BCUT2D eigenvalue weighted by Gasteiger charge is 2.47. The monoisotopic (exact) mass is 235 g/mol. The third kappa shape index (κ3) is 1.90. The van der Waals surface area contributed by atoms with E-state index in [1.54, 1.807) is 0 Å². The molecule has 2 saturated carbocycles. The zero-order chi connectivity index (χ0) is 11.8. The molecule has 3 heteroatoms. The summed E-state index contributed by atoms with van der Waals surface area (Å²) in [5.41, 5.74) is 0.962. The summed E-state index contributed by atoms with van der Waals surface area (Å²) in [6.45, 7) is 0.227. The molecule has 0 saturated heterocycles. The minimum absolute atomic E-state index is 0.124. The molecule has 0 aliphatic heterocycles. The van der Waals surface area contributed by atoms with E-state index in [9.17, 15) is 9.90 Å². The standard InChI is InChI=1S/C14H21NO2/c16-8-12-10-5-6-11(7-10)13(12)15-14(17)9-3-1-2-4-9/h3,10-13,16H,1-2,4-8H2,(H,15,17). The number of nitrogens with one attached hydrogen (secondary N) is 1. The molecular formula is C14H21NO2. The summed E-state index contributed by atoms with van der Waals surface area (Å²) in [7, 11) is 0. The third-order valence-electron chi connectivity index (χ3n) is 4.93. The molecule has 2 bridgehead atoms. The second-order valence-electron chi connectivity index (χ2n) is 5.80. The van der Waals surface area contributed by atoms with Gasteiger partial charge in [-0.05, 0) is 50.4 Å². The zero-order valence-electron chi connectivity index (χ0n) is 10.2. The maximum absolute atomic E-state index is 12.1. The topological polar surface area (TPSA) is 49.3 Å². The molecule has 0 heterocycles. The fraction of sp³-hybridized carbons (Fsp3) is 0.786. The van der Waals surface area contributed by atoms with Crippen LogP contribution in [0, 0.1) is 17.8 Å². The Morgan fingerprint density at radius 2 is 2.24 bits per heavy atom. The van der Waals surface area contributed by atoms with Crippen molar-refractivity contribution in [2.75, 3.05) is 6.61 Å². The van der Waals surface area contributed by atoms with E-state index in [0.29, 0.717) is 17.8 Å². The minimum atomic E-state index is 0.124. The van der Waals surface area contributed by atoms with Gasteiger partial charge in [-0.15, -0.1) is 0 Å². The number of aliphatic hydroxyl groups is 1. The van der Waals surface area contributed by atoms with Crippen LogP contribution >= 0.6 is 0 Å². The van der Waals surface area contributed by atoms with Crippen molar-refractivity contribution in [1.29, 1.82) is 0 Å². The van der Waals surface area contributed by atoms with Crippen LogP contribution in [0.25, 0.3) is 0 Å². The Labute approximate surface area is 102 Å². The second-order valence-corrected chi connectivity index (χ2v) is 5.80. The molecule has 3 rings (SSSR count). The van der Waals surface area contributed by atoms with E-state index in [0.717, 1.165) is 24.8 Å². The Morgan fingerprint density at radius 1 is 1.41 bits per heavy atom. The van der Waals surface area contributed by atoms with Gasteiger partial charge in [0.25, 0.3) is 0 Å². The largest absolute Gasteiger partial charge is 0.396 e. The number of carbonyl (C=O) groups excluding carboxylic acids is 1. The molecule has 3 aliphatic carbocycles. The maximum Gasteiger partial charge on any atom is 0.247 e. The molecule has 0 spiro atoms. The number of fused-ring (bicyclic) bond motifs is 2. The van der Waals surface area contributed by atoms with Crippen molar-refractivity contribution in [3.63, 3.8) is 0 Å². The van der Waals surface area contributed by atoms with Crippen LogP contribution in [0.3, 0.4) is 0 Å². The highest BCUT2D eigenvalue weighted by atomic mass is 16.3. The average molecular weight is 235 g/mol. The lowest BCUT2D eigenvalue weighted by Gasteiger charge is -2.30. The van der Waals surface area contributed by atoms with Gasteiger partial charge in [0.15, 0.2) is 0 Å². The van der Waals surface area contributed by atoms with Crippen molar-refractivity contribution < 1.29 is 9.90 Å². The molecule has 2 N–H and O–H groups in total. The molecule has 3 nitrogen and oxygen atoms in total. The first kappa shape index (κ1) is 11.3. The summed E-state index contributed by atoms with van der Waals surface area (Å²) >= 11 is 0. The van der Waals surface area contributed by atoms with Crippen LogP contribution in [0.2, 0.25) is 0 Å². The first-order valence-electron chi connectivity index (χ1n) is 6.90. The number of hydrogen-bond donors (Lipinski definition) is 2. The molecule has 0 radical (unpaired) electrons. The lowest BCUT2D eigenvalue weighted by atomic mass is 9.85. The SMILES string of the molecule is O=C(NC1C2CCC(C2)C1CO)C1=CCCC1. The molecule has 0 aromatic rings. The Balaban J connectivity index is 1.66. The van der Waals surface area contributed by atoms with Crippen LogP contribution in [0.15, 0.2) is 11.6 Å². The van der Waals surface area contributed by atoms with Gasteiger partial charge >= 0.3 is 0 Å². The first-order valence-corrected chi connectivity index (χ1v) is 6.90. The fourth-order valence-corrected chi connectivity index (χ4v) is 4.02. The van der Waals surface area contributed by atoms with Crippen molar-refractivity contribution >= 4 is 5.91 Å². The normalized spacial score (nSPS) is 39.5. The molecular weight excluding hydrogens is 214 g/mol. The third-order valence-corrected chi connectivity index (χ3v) is 4.93. The van der Waals surface area contributed by atoms with Crippen molar-refractivity contribution in [1.82, 2.24) is 5.32 Å². The van der Waals surface area contributed by atoms with Crippen molar-refractivity contribution in [2.45, 2.75) is 44.6 Å². The number of aliphatic hydroxyl groups excluding tert-OH is 1. The first-order chi connectivity index (χ1) is 8.29. The van der Waals surface area contributed by atoms with Gasteiger partial charge in [0.05, 0.1) is 0 Å². The van der Waals surface area contributed by atoms with E-state index in [1.807, 2.05) is 0 Å². The summed E-state index contributed by atoms with van der Waals surface area (Å²) in [5.74, 6) is 1.69. The molecule has 94 valence electrons. The molecule has 17 heavy (non-hydrogen) atoms. The van der Waals surface area contributed by atoms with Crippen molar-refractivity contribution in [3.05, 3.63) is 11.6 Å². The minimum Gasteiger partial charge on any atom is -0.396 e. The molecule has 4 atom stereocenters. The molecule has 0 aromatic carbocycles. The van der Waals surface area contributed by atoms with Gasteiger partial charge in [-0.2, -0.15) is 0 Å². The molecule has 0 aromatic heterocycles. The smallest absolute Gasteiger partial charge is 0.247 e. The van der Waals surface area contributed by atoms with Crippen molar-refractivity contribution in [2.24, 2.45) is 17.8 Å². The number of rotatable bonds is 3. The van der Waals surface area contributed by atoms with Gasteiger partial charge in [0.1, 0.15) is 0 Å². The van der Waals surface area contributed by atoms with Gasteiger partial charge in [-0.25, -0.2) is 0 Å². The van der Waals surface area contributed by atoms with Crippen LogP contribution in [-0.2, 0) is 4.79 Å². The second kappa shape index (κ2) is 4.45. The van der Waals surface area contributed by atoms with Crippen LogP contribution < -0.4 is 5.32 Å². The molecule has 4 unspecified atom stereocenters. The zero-order valence-corrected chi connectivity index (χ0v) is 10.2. The number of carbonyl (C=O) groups is 1. The van der Waals surface area contributed by atoms with Gasteiger partial charge in [-0.1, -0.05) is 6.08 Å². The van der Waals surface area contributed by atoms with Gasteiger partial charge < -0.3 is 10.4 Å². The van der Waals surface area contributed by atoms with Gasteiger partial charge in [0.2, 0.25) is 5.91 Å². The average Bonchev–Trinajstić information content (AvgIpc) is 3.05. The van der Waals surface area contributed by atoms with Crippen LogP contribution in [0.1, 0.15) is 38.5 Å². The van der Waals surface area contributed by atoms with E-state index in [2.05, 4.69) is 11.4 Å². The lowest BCUT2D eigenvalue weighted by Crippen LogP contribution is -2.45. The number of allylic oxidation sites excluding steroid dienone is 1. The van der Waals surface area contributed by atoms with Crippen molar-refractivity contribution in [3.8, 4) is 0 Å². The lowest BCUT2D eigenvalue weighted by molar-refractivity contribution is -0.119. The molecule has 3 aliphatic rings. The highest BCUT2D eigenvalue weighted by Crippen LogP contribution is 2.48. The quantitative estimate of drug-likeness (QED) is 0.781. The Bertz CT molecular complexity index is 350. The highest BCUT2D eigenvalue weighted by molar-refractivity contribution is 5.94. The summed E-state index contributed by atoms with van der Waals surface area (Å²) in [6, 6.07) is 0.229. The Morgan fingerprint density at radius 3 is 2.94 bits per heavy atom.